The number of halogens is 1. The Morgan fingerprint density at radius 3 is 2.85 bits per heavy atom. The second-order valence-corrected chi connectivity index (χ2v) is 5.21. The van der Waals surface area contributed by atoms with Gasteiger partial charge in [0.2, 0.25) is 0 Å². The molecule has 0 aromatic heterocycles. The zero-order valence-electron chi connectivity index (χ0n) is 11.3. The smallest absolute Gasteiger partial charge is 0.251 e. The molecular formula is C14H19FN2O2S. The van der Waals surface area contributed by atoms with Crippen LogP contribution in [0.15, 0.2) is 23.1 Å². The van der Waals surface area contributed by atoms with Gasteiger partial charge in [0, 0.05) is 30.1 Å². The zero-order chi connectivity index (χ0) is 14.4. The van der Waals surface area contributed by atoms with Crippen LogP contribution >= 0.6 is 12.6 Å². The largest absolute Gasteiger partial charge is 0.379 e. The third-order valence-corrected chi connectivity index (χ3v) is 3.59. The summed E-state index contributed by atoms with van der Waals surface area (Å²) in [5, 5.41) is 2.83. The maximum Gasteiger partial charge on any atom is 0.251 e. The van der Waals surface area contributed by atoms with E-state index in [-0.39, 0.29) is 10.8 Å². The predicted molar refractivity (Wildman–Crippen MR) is 77.9 cm³/mol. The van der Waals surface area contributed by atoms with Crippen molar-refractivity contribution in [2.24, 2.45) is 0 Å². The fourth-order valence-corrected chi connectivity index (χ4v) is 2.30. The first-order valence-electron chi connectivity index (χ1n) is 6.73. The SMILES string of the molecule is O=C(NCCCN1CCOCC1)c1ccc(F)c(S)c1. The number of hydrogen-bond acceptors (Lipinski definition) is 4. The number of benzene rings is 1. The number of nitrogens with one attached hydrogen (secondary N) is 1. The summed E-state index contributed by atoms with van der Waals surface area (Å²) in [6.45, 7) is 5.03. The highest BCUT2D eigenvalue weighted by Gasteiger charge is 2.10. The van der Waals surface area contributed by atoms with Gasteiger partial charge >= 0.3 is 0 Å². The minimum Gasteiger partial charge on any atom is -0.379 e. The Hall–Kier alpha value is -1.11. The monoisotopic (exact) mass is 298 g/mol. The van der Waals surface area contributed by atoms with Gasteiger partial charge < -0.3 is 10.1 Å². The number of carbonyl (C=O) groups is 1. The van der Waals surface area contributed by atoms with Crippen molar-refractivity contribution in [3.05, 3.63) is 29.6 Å². The molecule has 0 unspecified atom stereocenters. The average molecular weight is 298 g/mol. The number of amides is 1. The molecule has 0 saturated carbocycles. The van der Waals surface area contributed by atoms with Crippen LogP contribution in [0.2, 0.25) is 0 Å². The minimum absolute atomic E-state index is 0.186. The maximum absolute atomic E-state index is 13.1. The van der Waals surface area contributed by atoms with E-state index in [1.807, 2.05) is 0 Å². The Bertz CT molecular complexity index is 464. The molecule has 1 aliphatic heterocycles. The molecule has 1 aromatic rings. The van der Waals surface area contributed by atoms with E-state index in [1.165, 1.54) is 18.2 Å². The molecule has 1 fully saturated rings. The lowest BCUT2D eigenvalue weighted by Gasteiger charge is -2.26. The average Bonchev–Trinajstić information content (AvgIpc) is 2.47. The van der Waals surface area contributed by atoms with Gasteiger partial charge in [-0.2, -0.15) is 0 Å². The third-order valence-electron chi connectivity index (χ3n) is 3.25. The van der Waals surface area contributed by atoms with Gasteiger partial charge in [0.15, 0.2) is 0 Å². The second kappa shape index (κ2) is 7.61. The quantitative estimate of drug-likeness (QED) is 0.640. The van der Waals surface area contributed by atoms with Crippen molar-refractivity contribution in [1.29, 1.82) is 0 Å². The summed E-state index contributed by atoms with van der Waals surface area (Å²) in [6.07, 6.45) is 0.890. The van der Waals surface area contributed by atoms with E-state index in [0.717, 1.165) is 39.3 Å². The van der Waals surface area contributed by atoms with Gasteiger partial charge in [-0.1, -0.05) is 0 Å². The molecular weight excluding hydrogens is 279 g/mol. The van der Waals surface area contributed by atoms with Crippen LogP contribution in [0.5, 0.6) is 0 Å². The van der Waals surface area contributed by atoms with Gasteiger partial charge in [0.1, 0.15) is 5.82 Å². The number of hydrogen-bond donors (Lipinski definition) is 2. The Balaban J connectivity index is 1.70. The van der Waals surface area contributed by atoms with Crippen molar-refractivity contribution >= 4 is 18.5 Å². The van der Waals surface area contributed by atoms with Gasteiger partial charge in [0.05, 0.1) is 13.2 Å². The number of carbonyl (C=O) groups excluding carboxylic acids is 1. The molecule has 1 aliphatic rings. The number of nitrogens with zero attached hydrogens (tertiary/aromatic N) is 1. The molecule has 0 radical (unpaired) electrons. The summed E-state index contributed by atoms with van der Waals surface area (Å²) in [5.41, 5.74) is 0.433. The van der Waals surface area contributed by atoms with Gasteiger partial charge in [-0.05, 0) is 31.2 Å². The molecule has 4 nitrogen and oxygen atoms in total. The summed E-state index contributed by atoms with van der Waals surface area (Å²) in [6, 6.07) is 4.16. The first-order valence-corrected chi connectivity index (χ1v) is 7.18. The van der Waals surface area contributed by atoms with Gasteiger partial charge in [-0.25, -0.2) is 4.39 Å². The highest BCUT2D eigenvalue weighted by atomic mass is 32.1. The molecule has 0 aliphatic carbocycles. The summed E-state index contributed by atoms with van der Waals surface area (Å²) in [5.74, 6) is -0.612. The standard InChI is InChI=1S/C14H19FN2O2S/c15-12-3-2-11(10-13(12)20)14(18)16-4-1-5-17-6-8-19-9-7-17/h2-3,10,20H,1,4-9H2,(H,16,18). The van der Waals surface area contributed by atoms with E-state index in [4.69, 9.17) is 4.74 Å². The van der Waals surface area contributed by atoms with E-state index in [1.54, 1.807) is 0 Å². The van der Waals surface area contributed by atoms with Crippen LogP contribution in [-0.2, 0) is 4.74 Å². The van der Waals surface area contributed by atoms with E-state index >= 15 is 0 Å². The maximum atomic E-state index is 13.1. The van der Waals surface area contributed by atoms with Gasteiger partial charge in [-0.3, -0.25) is 9.69 Å². The number of morpholine rings is 1. The van der Waals surface area contributed by atoms with Crippen molar-refractivity contribution in [2.45, 2.75) is 11.3 Å². The summed E-state index contributed by atoms with van der Waals surface area (Å²) in [7, 11) is 0. The Morgan fingerprint density at radius 1 is 1.40 bits per heavy atom. The lowest BCUT2D eigenvalue weighted by Crippen LogP contribution is -2.38. The zero-order valence-corrected chi connectivity index (χ0v) is 12.2. The van der Waals surface area contributed by atoms with Crippen LogP contribution in [0.4, 0.5) is 4.39 Å². The molecule has 1 amide bonds. The Kier molecular flexibility index (Phi) is 5.82. The summed E-state index contributed by atoms with van der Waals surface area (Å²) >= 11 is 3.97. The van der Waals surface area contributed by atoms with Crippen LogP contribution < -0.4 is 5.32 Å². The Labute approximate surface area is 123 Å². The summed E-state index contributed by atoms with van der Waals surface area (Å²) < 4.78 is 18.3. The Morgan fingerprint density at radius 2 is 2.15 bits per heavy atom. The molecule has 20 heavy (non-hydrogen) atoms. The molecule has 1 saturated heterocycles. The molecule has 0 spiro atoms. The van der Waals surface area contributed by atoms with Crippen LogP contribution in [-0.4, -0.2) is 50.2 Å². The van der Waals surface area contributed by atoms with Crippen molar-refractivity contribution in [1.82, 2.24) is 10.2 Å². The van der Waals surface area contributed by atoms with Crippen molar-refractivity contribution in [3.8, 4) is 0 Å². The van der Waals surface area contributed by atoms with Crippen LogP contribution in [0.1, 0.15) is 16.8 Å². The van der Waals surface area contributed by atoms with E-state index < -0.39 is 5.82 Å². The molecule has 110 valence electrons. The molecule has 0 bridgehead atoms. The van der Waals surface area contributed by atoms with E-state index in [2.05, 4.69) is 22.8 Å². The van der Waals surface area contributed by atoms with Crippen molar-refractivity contribution in [2.75, 3.05) is 39.4 Å². The van der Waals surface area contributed by atoms with Gasteiger partial charge in [0.25, 0.3) is 5.91 Å². The fraction of sp³-hybridized carbons (Fsp3) is 0.500. The van der Waals surface area contributed by atoms with Crippen LogP contribution in [0.25, 0.3) is 0 Å². The van der Waals surface area contributed by atoms with Crippen LogP contribution in [0, 0.1) is 5.82 Å². The molecule has 1 heterocycles. The number of ether oxygens (including phenoxy) is 1. The van der Waals surface area contributed by atoms with Crippen molar-refractivity contribution in [3.63, 3.8) is 0 Å². The highest BCUT2D eigenvalue weighted by molar-refractivity contribution is 7.80. The first kappa shape index (κ1) is 15.3. The molecule has 1 aromatic carbocycles. The predicted octanol–water partition coefficient (Wildman–Crippen LogP) is 1.57. The minimum atomic E-state index is -0.419. The van der Waals surface area contributed by atoms with Crippen molar-refractivity contribution < 1.29 is 13.9 Å². The molecule has 6 heteroatoms. The topological polar surface area (TPSA) is 41.6 Å². The molecule has 1 N–H and O–H groups in total. The lowest BCUT2D eigenvalue weighted by atomic mass is 10.2. The molecule has 0 atom stereocenters. The molecule has 2 rings (SSSR count). The van der Waals surface area contributed by atoms with Gasteiger partial charge in [-0.15, -0.1) is 12.6 Å². The summed E-state index contributed by atoms with van der Waals surface area (Å²) in [4.78, 5) is 14.4. The fourth-order valence-electron chi connectivity index (χ4n) is 2.09. The second-order valence-electron chi connectivity index (χ2n) is 4.73. The number of rotatable bonds is 5. The first-order chi connectivity index (χ1) is 9.66. The third kappa shape index (κ3) is 4.47. The lowest BCUT2D eigenvalue weighted by molar-refractivity contribution is 0.0374. The van der Waals surface area contributed by atoms with E-state index in [0.29, 0.717) is 12.1 Å². The normalized spacial score (nSPS) is 16.1. The highest BCUT2D eigenvalue weighted by Crippen LogP contribution is 2.14. The number of thiol groups is 1. The van der Waals surface area contributed by atoms with E-state index in [9.17, 15) is 9.18 Å². The van der Waals surface area contributed by atoms with Crippen LogP contribution in [0.3, 0.4) is 0 Å².